The summed E-state index contributed by atoms with van der Waals surface area (Å²) >= 11 is 1.36. The van der Waals surface area contributed by atoms with Gasteiger partial charge in [0.15, 0.2) is 0 Å². The quantitative estimate of drug-likeness (QED) is 0.270. The van der Waals surface area contributed by atoms with Gasteiger partial charge < -0.3 is 10.5 Å². The molecule has 162 valence electrons. The lowest BCUT2D eigenvalue weighted by Gasteiger charge is -2.13. The Balaban J connectivity index is 1.54. The first-order valence-corrected chi connectivity index (χ1v) is 10.7. The molecule has 0 spiro atoms. The third-order valence-electron chi connectivity index (χ3n) is 4.55. The fraction of sp³-hybridized carbons (Fsp3) is 0.0833. The van der Waals surface area contributed by atoms with Crippen molar-refractivity contribution in [3.63, 3.8) is 0 Å². The minimum absolute atomic E-state index is 0.217. The van der Waals surface area contributed by atoms with Crippen LogP contribution in [0.15, 0.2) is 77.2 Å². The van der Waals surface area contributed by atoms with Crippen molar-refractivity contribution in [2.45, 2.75) is 13.0 Å². The number of anilines is 2. The number of hydrogen-bond acceptors (Lipinski definition) is 6. The Morgan fingerprint density at radius 2 is 1.75 bits per heavy atom. The number of rotatable bonds is 8. The number of thiazole rings is 1. The third kappa shape index (κ3) is 5.89. The van der Waals surface area contributed by atoms with E-state index >= 15 is 0 Å². The number of nitrogens with zero attached hydrogens (tertiary/aromatic N) is 2. The Morgan fingerprint density at radius 3 is 2.47 bits per heavy atom. The molecule has 0 radical (unpaired) electrons. The van der Waals surface area contributed by atoms with Crippen LogP contribution in [0.5, 0.6) is 5.75 Å². The summed E-state index contributed by atoms with van der Waals surface area (Å²) in [4.78, 5) is 4.09. The topological polar surface area (TPSA) is 72.5 Å². The van der Waals surface area contributed by atoms with Crippen molar-refractivity contribution >= 4 is 28.5 Å². The molecule has 8 heteroatoms. The molecule has 0 saturated carbocycles. The van der Waals surface area contributed by atoms with Crippen LogP contribution in [-0.2, 0) is 13.0 Å². The first kappa shape index (κ1) is 21.5. The molecule has 0 aliphatic rings. The van der Waals surface area contributed by atoms with E-state index in [-0.39, 0.29) is 18.2 Å². The molecule has 0 aliphatic heterocycles. The van der Waals surface area contributed by atoms with E-state index < -0.39 is 0 Å². The van der Waals surface area contributed by atoms with E-state index in [4.69, 9.17) is 10.5 Å². The van der Waals surface area contributed by atoms with E-state index in [0.29, 0.717) is 23.1 Å². The van der Waals surface area contributed by atoms with Crippen molar-refractivity contribution in [3.8, 4) is 5.75 Å². The fourth-order valence-corrected chi connectivity index (χ4v) is 3.66. The summed E-state index contributed by atoms with van der Waals surface area (Å²) in [7, 11) is 0. The number of hydrazone groups is 1. The van der Waals surface area contributed by atoms with Gasteiger partial charge in [-0.05, 0) is 64.7 Å². The molecule has 0 unspecified atom stereocenters. The lowest BCUT2D eigenvalue weighted by atomic mass is 10.0. The number of ether oxygens (including phenoxy) is 1. The predicted molar refractivity (Wildman–Crippen MR) is 124 cm³/mol. The normalized spacial score (nSPS) is 11.1. The van der Waals surface area contributed by atoms with E-state index in [9.17, 15) is 8.78 Å². The smallest absolute Gasteiger partial charge is 0.205 e. The summed E-state index contributed by atoms with van der Waals surface area (Å²) in [5, 5.41) is 6.51. The monoisotopic (exact) mass is 450 g/mol. The Kier molecular flexibility index (Phi) is 6.72. The van der Waals surface area contributed by atoms with Crippen molar-refractivity contribution < 1.29 is 13.5 Å². The summed E-state index contributed by atoms with van der Waals surface area (Å²) in [5.41, 5.74) is 11.7. The van der Waals surface area contributed by atoms with Gasteiger partial charge in [0.1, 0.15) is 29.8 Å². The third-order valence-corrected chi connectivity index (χ3v) is 5.31. The first-order valence-electron chi connectivity index (χ1n) is 9.80. The van der Waals surface area contributed by atoms with Crippen molar-refractivity contribution in [3.05, 3.63) is 106 Å². The Bertz CT molecular complexity index is 1240. The maximum absolute atomic E-state index is 13.7. The average molecular weight is 451 g/mol. The molecule has 5 nitrogen and oxygen atoms in total. The van der Waals surface area contributed by atoms with Crippen molar-refractivity contribution in [2.75, 3.05) is 11.2 Å². The highest BCUT2D eigenvalue weighted by Crippen LogP contribution is 2.25. The van der Waals surface area contributed by atoms with Gasteiger partial charge in [-0.2, -0.15) is 5.10 Å². The number of hydrogen-bond donors (Lipinski definition) is 2. The van der Waals surface area contributed by atoms with Crippen LogP contribution in [0.1, 0.15) is 22.3 Å². The molecule has 0 saturated heterocycles. The second kappa shape index (κ2) is 10.0. The minimum atomic E-state index is -0.313. The van der Waals surface area contributed by atoms with Gasteiger partial charge in [-0.25, -0.2) is 13.8 Å². The molecule has 4 aromatic rings. The number of nitrogen functional groups attached to an aromatic ring is 1. The lowest BCUT2D eigenvalue weighted by molar-refractivity contribution is 0.303. The largest absolute Gasteiger partial charge is 0.489 e. The lowest BCUT2D eigenvalue weighted by Crippen LogP contribution is -2.01. The van der Waals surface area contributed by atoms with E-state index in [0.717, 1.165) is 22.3 Å². The maximum Gasteiger partial charge on any atom is 0.205 e. The highest BCUT2D eigenvalue weighted by molar-refractivity contribution is 7.14. The molecule has 3 aromatic carbocycles. The van der Waals surface area contributed by atoms with Gasteiger partial charge in [-0.1, -0.05) is 24.3 Å². The van der Waals surface area contributed by atoms with Crippen LogP contribution in [0, 0.1) is 11.6 Å². The average Bonchev–Trinajstić information content (AvgIpc) is 3.18. The summed E-state index contributed by atoms with van der Waals surface area (Å²) < 4.78 is 33.1. The van der Waals surface area contributed by atoms with Crippen molar-refractivity contribution in [1.82, 2.24) is 4.98 Å². The first-order chi connectivity index (χ1) is 15.5. The number of nitrogens with two attached hydrogens (primary N) is 1. The predicted octanol–water partition coefficient (Wildman–Crippen LogP) is 5.62. The molecule has 3 N–H and O–H groups in total. The van der Waals surface area contributed by atoms with Crippen molar-refractivity contribution in [2.24, 2.45) is 5.10 Å². The Hall–Kier alpha value is -3.78. The van der Waals surface area contributed by atoms with Gasteiger partial charge in [-0.3, -0.25) is 5.43 Å². The second-order valence-corrected chi connectivity index (χ2v) is 7.90. The zero-order chi connectivity index (χ0) is 22.3. The molecule has 0 atom stereocenters. The molecule has 1 aromatic heterocycles. The van der Waals surface area contributed by atoms with Crippen LogP contribution in [-0.4, -0.2) is 11.2 Å². The summed E-state index contributed by atoms with van der Waals surface area (Å²) in [5.74, 6) is 0.461. The highest BCUT2D eigenvalue weighted by Gasteiger charge is 2.08. The van der Waals surface area contributed by atoms with Gasteiger partial charge in [0, 0.05) is 11.8 Å². The van der Waals surface area contributed by atoms with Gasteiger partial charge in [0.25, 0.3) is 0 Å². The molecule has 0 aliphatic carbocycles. The SMILES string of the molecule is Nc1csc(NN=Cc2ccc(OCc3cccc(F)c3)c(Cc3cccc(F)c3)c2)n1. The van der Waals surface area contributed by atoms with Crippen LogP contribution in [0.3, 0.4) is 0 Å². The van der Waals surface area contributed by atoms with Gasteiger partial charge >= 0.3 is 0 Å². The second-order valence-electron chi connectivity index (χ2n) is 7.04. The van der Waals surface area contributed by atoms with Crippen LogP contribution in [0.2, 0.25) is 0 Å². The Labute approximate surface area is 188 Å². The highest BCUT2D eigenvalue weighted by atomic mass is 32.1. The molecule has 0 bridgehead atoms. The number of nitrogens with one attached hydrogen (secondary N) is 1. The van der Waals surface area contributed by atoms with E-state index in [1.54, 1.807) is 29.8 Å². The van der Waals surface area contributed by atoms with Gasteiger partial charge in [0.05, 0.1) is 6.21 Å². The van der Waals surface area contributed by atoms with Crippen molar-refractivity contribution in [1.29, 1.82) is 0 Å². The molecule has 32 heavy (non-hydrogen) atoms. The molecule has 0 amide bonds. The van der Waals surface area contributed by atoms with Gasteiger partial charge in [-0.15, -0.1) is 11.3 Å². The summed E-state index contributed by atoms with van der Waals surface area (Å²) in [6.45, 7) is 0.217. The van der Waals surface area contributed by atoms with Crippen LogP contribution < -0.4 is 15.9 Å². The van der Waals surface area contributed by atoms with Gasteiger partial charge in [0.2, 0.25) is 5.13 Å². The van der Waals surface area contributed by atoms with Crippen LogP contribution in [0.4, 0.5) is 19.7 Å². The van der Waals surface area contributed by atoms with E-state index in [1.807, 2.05) is 24.3 Å². The summed E-state index contributed by atoms with van der Waals surface area (Å²) in [6.07, 6.45) is 2.12. The van der Waals surface area contributed by atoms with E-state index in [1.165, 1.54) is 35.6 Å². The molecule has 1 heterocycles. The fourth-order valence-electron chi connectivity index (χ4n) is 3.11. The molecule has 0 fully saturated rings. The minimum Gasteiger partial charge on any atom is -0.489 e. The van der Waals surface area contributed by atoms with Crippen LogP contribution in [0.25, 0.3) is 0 Å². The number of benzene rings is 3. The van der Waals surface area contributed by atoms with Crippen LogP contribution >= 0.6 is 11.3 Å². The van der Waals surface area contributed by atoms with E-state index in [2.05, 4.69) is 15.5 Å². The molecule has 4 rings (SSSR count). The summed E-state index contributed by atoms with van der Waals surface area (Å²) in [6, 6.07) is 18.3. The number of aromatic nitrogens is 1. The molecular weight excluding hydrogens is 430 g/mol. The number of halogens is 2. The zero-order valence-electron chi connectivity index (χ0n) is 17.0. The Morgan fingerprint density at radius 1 is 1.00 bits per heavy atom. The maximum atomic E-state index is 13.7. The molecular formula is C24H20F2N4OS. The standard InChI is InChI=1S/C24H20F2N4OS/c25-20-5-1-3-16(11-20)9-19-10-17(13-28-30-24-29-23(27)15-32-24)7-8-22(19)31-14-18-4-2-6-21(26)12-18/h1-8,10-13,15H,9,14,27H2,(H,29,30). The zero-order valence-corrected chi connectivity index (χ0v) is 17.8.